The zero-order chi connectivity index (χ0) is 23.1. The van der Waals surface area contributed by atoms with E-state index in [4.69, 9.17) is 16.0 Å². The lowest BCUT2D eigenvalue weighted by Crippen LogP contribution is -1.95. The molecule has 0 saturated carbocycles. The van der Waals surface area contributed by atoms with Crippen molar-refractivity contribution in [1.29, 1.82) is 0 Å². The van der Waals surface area contributed by atoms with Crippen LogP contribution >= 0.6 is 11.6 Å². The van der Waals surface area contributed by atoms with Gasteiger partial charge in [0.05, 0.1) is 16.7 Å². The van der Waals surface area contributed by atoms with Gasteiger partial charge in [0.25, 0.3) is 0 Å². The van der Waals surface area contributed by atoms with Crippen molar-refractivity contribution in [1.82, 2.24) is 4.57 Å². The molecular formula is C32H18ClNO. The normalized spacial score (nSPS) is 12.1. The fourth-order valence-electron chi connectivity index (χ4n) is 5.70. The zero-order valence-electron chi connectivity index (χ0n) is 18.6. The lowest BCUT2D eigenvalue weighted by molar-refractivity contribution is 0.669. The van der Waals surface area contributed by atoms with Gasteiger partial charge in [-0.2, -0.15) is 0 Å². The number of furan rings is 1. The molecule has 8 rings (SSSR count). The van der Waals surface area contributed by atoms with E-state index in [1.54, 1.807) is 0 Å². The second kappa shape index (κ2) is 6.88. The molecule has 2 heterocycles. The van der Waals surface area contributed by atoms with Crippen molar-refractivity contribution in [3.05, 3.63) is 114 Å². The monoisotopic (exact) mass is 467 g/mol. The number of rotatable bonds is 1. The van der Waals surface area contributed by atoms with E-state index >= 15 is 0 Å². The summed E-state index contributed by atoms with van der Waals surface area (Å²) >= 11 is 6.37. The van der Waals surface area contributed by atoms with E-state index in [9.17, 15) is 0 Å². The largest absolute Gasteiger partial charge is 0.456 e. The molecule has 0 bridgehead atoms. The van der Waals surface area contributed by atoms with Gasteiger partial charge < -0.3 is 8.98 Å². The van der Waals surface area contributed by atoms with Gasteiger partial charge in [0.15, 0.2) is 0 Å². The molecule has 0 fully saturated rings. The van der Waals surface area contributed by atoms with Gasteiger partial charge in [0.1, 0.15) is 11.2 Å². The SMILES string of the molecule is Clc1ccc2oc3ccc4c(-n5c6ccccc6c6cc7ccccc7cc65)cccc4c3c2c1. The van der Waals surface area contributed by atoms with Gasteiger partial charge in [0, 0.05) is 32.0 Å². The maximum Gasteiger partial charge on any atom is 0.136 e. The number of hydrogen-bond donors (Lipinski definition) is 0. The number of hydrogen-bond acceptors (Lipinski definition) is 1. The number of aromatic nitrogens is 1. The van der Waals surface area contributed by atoms with Crippen LogP contribution in [0.25, 0.3) is 71.0 Å². The van der Waals surface area contributed by atoms with Gasteiger partial charge in [-0.15, -0.1) is 0 Å². The van der Waals surface area contributed by atoms with Crippen molar-refractivity contribution in [2.45, 2.75) is 0 Å². The average molecular weight is 468 g/mol. The highest BCUT2D eigenvalue weighted by atomic mass is 35.5. The van der Waals surface area contributed by atoms with Crippen molar-refractivity contribution in [3.8, 4) is 5.69 Å². The summed E-state index contributed by atoms with van der Waals surface area (Å²) < 4.78 is 8.57. The molecule has 2 nitrogen and oxygen atoms in total. The molecule has 8 aromatic rings. The third-order valence-corrected chi connectivity index (χ3v) is 7.45. The maximum absolute atomic E-state index is 6.37. The number of fused-ring (bicyclic) bond motifs is 9. The molecule has 0 radical (unpaired) electrons. The second-order valence-electron chi connectivity index (χ2n) is 9.12. The molecule has 164 valence electrons. The minimum atomic E-state index is 0.711. The van der Waals surface area contributed by atoms with Crippen molar-refractivity contribution in [3.63, 3.8) is 0 Å². The van der Waals surface area contributed by atoms with Gasteiger partial charge in [-0.3, -0.25) is 0 Å². The molecule has 0 spiro atoms. The summed E-state index contributed by atoms with van der Waals surface area (Å²) in [5.74, 6) is 0. The Kier molecular flexibility index (Phi) is 3.75. The van der Waals surface area contributed by atoms with E-state index in [2.05, 4.69) is 95.6 Å². The molecule has 0 aliphatic carbocycles. The first kappa shape index (κ1) is 19.1. The van der Waals surface area contributed by atoms with Gasteiger partial charge in [-0.05, 0) is 70.8 Å². The molecule has 0 saturated heterocycles. The van der Waals surface area contributed by atoms with Crippen LogP contribution in [0.3, 0.4) is 0 Å². The van der Waals surface area contributed by atoms with Crippen molar-refractivity contribution >= 4 is 76.9 Å². The quantitative estimate of drug-likeness (QED) is 0.235. The van der Waals surface area contributed by atoms with Crippen LogP contribution < -0.4 is 0 Å². The van der Waals surface area contributed by atoms with Crippen molar-refractivity contribution in [2.24, 2.45) is 0 Å². The standard InChI is InChI=1S/C32H18ClNO/c33-21-12-14-30-26(18-21)32-24-9-5-11-28(23(24)13-15-31(32)35-30)34-27-10-4-3-8-22(27)25-16-19-6-1-2-7-20(19)17-29(25)34/h1-18H. The Balaban J connectivity index is 1.55. The van der Waals surface area contributed by atoms with E-state index in [0.717, 1.165) is 33.0 Å². The van der Waals surface area contributed by atoms with Crippen LogP contribution in [0, 0.1) is 0 Å². The molecule has 35 heavy (non-hydrogen) atoms. The van der Waals surface area contributed by atoms with Crippen LogP contribution in [0.1, 0.15) is 0 Å². The van der Waals surface area contributed by atoms with E-state index in [-0.39, 0.29) is 0 Å². The molecule has 3 heteroatoms. The Bertz CT molecular complexity index is 2130. The first-order valence-electron chi connectivity index (χ1n) is 11.7. The van der Waals surface area contributed by atoms with Crippen molar-refractivity contribution in [2.75, 3.05) is 0 Å². The van der Waals surface area contributed by atoms with Gasteiger partial charge >= 0.3 is 0 Å². The highest BCUT2D eigenvalue weighted by molar-refractivity contribution is 6.32. The Hall–Kier alpha value is -4.27. The second-order valence-corrected chi connectivity index (χ2v) is 9.56. The summed E-state index contributed by atoms with van der Waals surface area (Å²) in [5.41, 5.74) is 5.29. The molecule has 0 aliphatic rings. The van der Waals surface area contributed by atoms with Crippen LogP contribution in [0.5, 0.6) is 0 Å². The Morgan fingerprint density at radius 3 is 2.20 bits per heavy atom. The fraction of sp³-hybridized carbons (Fsp3) is 0. The molecule has 2 aromatic heterocycles. The fourth-order valence-corrected chi connectivity index (χ4v) is 5.87. The van der Waals surface area contributed by atoms with Crippen LogP contribution in [-0.2, 0) is 0 Å². The maximum atomic E-state index is 6.37. The topological polar surface area (TPSA) is 18.1 Å². The van der Waals surface area contributed by atoms with Gasteiger partial charge in [-0.1, -0.05) is 66.2 Å². The van der Waals surface area contributed by atoms with Gasteiger partial charge in [0.2, 0.25) is 0 Å². The third-order valence-electron chi connectivity index (χ3n) is 7.21. The van der Waals surface area contributed by atoms with Crippen LogP contribution in [0.4, 0.5) is 0 Å². The summed E-state index contributed by atoms with van der Waals surface area (Å²) in [5, 5.41) is 10.2. The average Bonchev–Trinajstić information content (AvgIpc) is 3.42. The summed E-state index contributed by atoms with van der Waals surface area (Å²) in [7, 11) is 0. The minimum absolute atomic E-state index is 0.711. The number of nitrogens with zero attached hydrogens (tertiary/aromatic N) is 1. The molecule has 0 aliphatic heterocycles. The molecule has 6 aromatic carbocycles. The first-order chi connectivity index (χ1) is 17.3. The van der Waals surface area contributed by atoms with E-state index in [1.165, 1.54) is 38.0 Å². The summed E-state index contributed by atoms with van der Waals surface area (Å²) in [6, 6.07) is 38.5. The molecule has 0 atom stereocenters. The van der Waals surface area contributed by atoms with E-state index < -0.39 is 0 Å². The molecule has 0 amide bonds. The highest BCUT2D eigenvalue weighted by Gasteiger charge is 2.17. The summed E-state index contributed by atoms with van der Waals surface area (Å²) in [6.07, 6.45) is 0. The lowest BCUT2D eigenvalue weighted by atomic mass is 10.0. The van der Waals surface area contributed by atoms with Gasteiger partial charge in [-0.25, -0.2) is 0 Å². The summed E-state index contributed by atoms with van der Waals surface area (Å²) in [4.78, 5) is 0. The zero-order valence-corrected chi connectivity index (χ0v) is 19.4. The van der Waals surface area contributed by atoms with Crippen LogP contribution in [0.2, 0.25) is 5.02 Å². The summed E-state index contributed by atoms with van der Waals surface area (Å²) in [6.45, 7) is 0. The van der Waals surface area contributed by atoms with E-state index in [0.29, 0.717) is 5.02 Å². The van der Waals surface area contributed by atoms with Crippen LogP contribution in [-0.4, -0.2) is 4.57 Å². The number of para-hydroxylation sites is 1. The highest BCUT2D eigenvalue weighted by Crippen LogP contribution is 2.40. The number of halogens is 1. The molecular weight excluding hydrogens is 450 g/mol. The molecule has 0 unspecified atom stereocenters. The predicted octanol–water partition coefficient (Wildman–Crippen LogP) is 9.64. The van der Waals surface area contributed by atoms with Crippen LogP contribution in [0.15, 0.2) is 114 Å². The Labute approximate surface area is 205 Å². The predicted molar refractivity (Wildman–Crippen MR) is 148 cm³/mol. The minimum Gasteiger partial charge on any atom is -0.456 e. The Morgan fingerprint density at radius 2 is 1.29 bits per heavy atom. The van der Waals surface area contributed by atoms with Crippen molar-refractivity contribution < 1.29 is 4.42 Å². The smallest absolute Gasteiger partial charge is 0.136 e. The molecule has 0 N–H and O–H groups in total. The number of benzene rings is 6. The lowest BCUT2D eigenvalue weighted by Gasteiger charge is -2.12. The Morgan fingerprint density at radius 1 is 0.514 bits per heavy atom. The third kappa shape index (κ3) is 2.60. The first-order valence-corrected chi connectivity index (χ1v) is 12.1. The van der Waals surface area contributed by atoms with E-state index in [1.807, 2.05) is 18.2 Å².